The van der Waals surface area contributed by atoms with E-state index in [9.17, 15) is 14.9 Å². The smallest absolute Gasteiger partial charge is 0.312 e. The van der Waals surface area contributed by atoms with Gasteiger partial charge < -0.3 is 4.90 Å². The lowest BCUT2D eigenvalue weighted by Gasteiger charge is -2.35. The topological polar surface area (TPSA) is 84.5 Å². The standard InChI is InChI=1S/C25H29N5O3/c1-18-6-4-7-21(14-18)16-27-10-12-28(13-11-27)25(31)23-9-5-8-22(15-23)17-29-20(3)24(30(32)33)19(2)26-29/h4-9,14-15H,10-13,16-17H2,1-3H3. The number of piperazine rings is 1. The van der Waals surface area contributed by atoms with Gasteiger partial charge in [0.25, 0.3) is 5.91 Å². The predicted octanol–water partition coefficient (Wildman–Crippen LogP) is 3.72. The molecule has 0 saturated carbocycles. The van der Waals surface area contributed by atoms with Gasteiger partial charge in [-0.2, -0.15) is 5.10 Å². The third-order valence-corrected chi connectivity index (χ3v) is 6.18. The third-order valence-electron chi connectivity index (χ3n) is 6.18. The van der Waals surface area contributed by atoms with Crippen LogP contribution in [0.5, 0.6) is 0 Å². The normalized spacial score (nSPS) is 14.5. The zero-order valence-corrected chi connectivity index (χ0v) is 19.3. The van der Waals surface area contributed by atoms with Crippen molar-refractivity contribution in [2.24, 2.45) is 0 Å². The molecular weight excluding hydrogens is 418 g/mol. The molecule has 0 unspecified atom stereocenters. The maximum atomic E-state index is 13.1. The Bertz CT molecular complexity index is 1180. The van der Waals surface area contributed by atoms with E-state index in [4.69, 9.17) is 0 Å². The lowest BCUT2D eigenvalue weighted by molar-refractivity contribution is -0.386. The number of hydrogen-bond donors (Lipinski definition) is 0. The highest BCUT2D eigenvalue weighted by atomic mass is 16.6. The number of benzene rings is 2. The fourth-order valence-electron chi connectivity index (χ4n) is 4.44. The highest BCUT2D eigenvalue weighted by Crippen LogP contribution is 2.23. The van der Waals surface area contributed by atoms with Crippen LogP contribution in [0, 0.1) is 30.9 Å². The molecule has 0 bridgehead atoms. The maximum absolute atomic E-state index is 13.1. The highest BCUT2D eigenvalue weighted by molar-refractivity contribution is 5.94. The molecule has 0 radical (unpaired) electrons. The largest absolute Gasteiger partial charge is 0.336 e. The van der Waals surface area contributed by atoms with Crippen LogP contribution in [0.15, 0.2) is 48.5 Å². The van der Waals surface area contributed by atoms with Crippen molar-refractivity contribution in [2.75, 3.05) is 26.2 Å². The lowest BCUT2D eigenvalue weighted by Crippen LogP contribution is -2.48. The predicted molar refractivity (Wildman–Crippen MR) is 126 cm³/mol. The first kappa shape index (κ1) is 22.7. The fraction of sp³-hybridized carbons (Fsp3) is 0.360. The lowest BCUT2D eigenvalue weighted by atomic mass is 10.1. The van der Waals surface area contributed by atoms with Crippen LogP contribution in [-0.2, 0) is 13.1 Å². The van der Waals surface area contributed by atoms with Gasteiger partial charge in [-0.1, -0.05) is 42.0 Å². The van der Waals surface area contributed by atoms with Gasteiger partial charge in [0.15, 0.2) is 0 Å². The number of rotatable bonds is 6. The van der Waals surface area contributed by atoms with Crippen LogP contribution >= 0.6 is 0 Å². The van der Waals surface area contributed by atoms with E-state index in [1.165, 1.54) is 11.1 Å². The Labute approximate surface area is 193 Å². The Morgan fingerprint density at radius 1 is 0.970 bits per heavy atom. The van der Waals surface area contributed by atoms with E-state index in [1.807, 2.05) is 29.2 Å². The number of carbonyl (C=O) groups is 1. The van der Waals surface area contributed by atoms with Gasteiger partial charge in [-0.25, -0.2) is 0 Å². The van der Waals surface area contributed by atoms with Crippen molar-refractivity contribution in [1.29, 1.82) is 0 Å². The molecule has 8 nitrogen and oxygen atoms in total. The average Bonchev–Trinajstić information content (AvgIpc) is 3.07. The number of nitrogens with zero attached hydrogens (tertiary/aromatic N) is 5. The summed E-state index contributed by atoms with van der Waals surface area (Å²) >= 11 is 0. The second-order valence-corrected chi connectivity index (χ2v) is 8.69. The molecule has 1 aromatic heterocycles. The molecule has 2 heterocycles. The molecule has 172 valence electrons. The molecule has 1 amide bonds. The number of aryl methyl sites for hydroxylation is 2. The van der Waals surface area contributed by atoms with Crippen LogP contribution in [0.4, 0.5) is 5.69 Å². The summed E-state index contributed by atoms with van der Waals surface area (Å²) in [4.78, 5) is 28.3. The van der Waals surface area contributed by atoms with Gasteiger partial charge >= 0.3 is 5.69 Å². The second kappa shape index (κ2) is 9.54. The van der Waals surface area contributed by atoms with Gasteiger partial charge in [-0.05, 0) is 44.0 Å². The number of carbonyl (C=O) groups excluding carboxylic acids is 1. The molecule has 2 aromatic carbocycles. The van der Waals surface area contributed by atoms with Crippen molar-refractivity contribution in [1.82, 2.24) is 19.6 Å². The quantitative estimate of drug-likeness (QED) is 0.425. The molecule has 8 heteroatoms. The molecule has 4 rings (SSSR count). The summed E-state index contributed by atoms with van der Waals surface area (Å²) in [5.41, 5.74) is 5.04. The summed E-state index contributed by atoms with van der Waals surface area (Å²) in [5, 5.41) is 15.6. The summed E-state index contributed by atoms with van der Waals surface area (Å²) in [6, 6.07) is 16.0. The number of hydrogen-bond acceptors (Lipinski definition) is 5. The first-order valence-electron chi connectivity index (χ1n) is 11.2. The van der Waals surface area contributed by atoms with E-state index in [1.54, 1.807) is 18.5 Å². The van der Waals surface area contributed by atoms with Gasteiger partial charge in [-0.15, -0.1) is 0 Å². The molecule has 0 N–H and O–H groups in total. The van der Waals surface area contributed by atoms with Crippen LogP contribution in [0.2, 0.25) is 0 Å². The zero-order valence-electron chi connectivity index (χ0n) is 19.3. The first-order valence-corrected chi connectivity index (χ1v) is 11.2. The fourth-order valence-corrected chi connectivity index (χ4v) is 4.44. The molecule has 1 aliphatic heterocycles. The van der Waals surface area contributed by atoms with Crippen LogP contribution in [0.25, 0.3) is 0 Å². The summed E-state index contributed by atoms with van der Waals surface area (Å²) in [7, 11) is 0. The molecule has 1 fully saturated rings. The number of amides is 1. The minimum absolute atomic E-state index is 0.0198. The molecule has 0 aliphatic carbocycles. The van der Waals surface area contributed by atoms with Gasteiger partial charge in [0, 0.05) is 38.3 Å². The van der Waals surface area contributed by atoms with Crippen molar-refractivity contribution in [2.45, 2.75) is 33.9 Å². The van der Waals surface area contributed by atoms with Crippen LogP contribution in [0.3, 0.4) is 0 Å². The summed E-state index contributed by atoms with van der Waals surface area (Å²) < 4.78 is 1.63. The molecule has 1 aliphatic rings. The van der Waals surface area contributed by atoms with E-state index in [0.29, 0.717) is 36.6 Å². The minimum Gasteiger partial charge on any atom is -0.336 e. The molecule has 0 atom stereocenters. The monoisotopic (exact) mass is 447 g/mol. The van der Waals surface area contributed by atoms with E-state index in [0.717, 1.165) is 25.2 Å². The highest BCUT2D eigenvalue weighted by Gasteiger charge is 2.24. The van der Waals surface area contributed by atoms with Gasteiger partial charge in [0.2, 0.25) is 0 Å². The van der Waals surface area contributed by atoms with Crippen molar-refractivity contribution in [3.8, 4) is 0 Å². The van der Waals surface area contributed by atoms with Crippen molar-refractivity contribution < 1.29 is 9.72 Å². The average molecular weight is 448 g/mol. The Morgan fingerprint density at radius 3 is 2.27 bits per heavy atom. The summed E-state index contributed by atoms with van der Waals surface area (Å²) in [6.45, 7) is 9.79. The molecular formula is C25H29N5O3. The van der Waals surface area contributed by atoms with Crippen molar-refractivity contribution in [3.63, 3.8) is 0 Å². The van der Waals surface area contributed by atoms with E-state index < -0.39 is 4.92 Å². The molecule has 0 spiro atoms. The van der Waals surface area contributed by atoms with E-state index in [-0.39, 0.29) is 11.6 Å². The minimum atomic E-state index is -0.396. The Hall–Kier alpha value is -3.52. The van der Waals surface area contributed by atoms with E-state index in [2.05, 4.69) is 41.2 Å². The molecule has 1 saturated heterocycles. The summed E-state index contributed by atoms with van der Waals surface area (Å²) in [6.07, 6.45) is 0. The van der Waals surface area contributed by atoms with Crippen molar-refractivity contribution in [3.05, 3.63) is 92.3 Å². The molecule has 33 heavy (non-hydrogen) atoms. The van der Waals surface area contributed by atoms with Crippen LogP contribution in [0.1, 0.15) is 38.4 Å². The maximum Gasteiger partial charge on any atom is 0.312 e. The second-order valence-electron chi connectivity index (χ2n) is 8.69. The number of aromatic nitrogens is 2. The van der Waals surface area contributed by atoms with Gasteiger partial charge in [-0.3, -0.25) is 24.5 Å². The Kier molecular flexibility index (Phi) is 6.55. The number of nitro groups is 1. The first-order chi connectivity index (χ1) is 15.8. The van der Waals surface area contributed by atoms with Gasteiger partial charge in [0.05, 0.1) is 11.5 Å². The Morgan fingerprint density at radius 2 is 1.64 bits per heavy atom. The Balaban J connectivity index is 1.39. The molecule has 3 aromatic rings. The third kappa shape index (κ3) is 5.12. The van der Waals surface area contributed by atoms with Gasteiger partial charge in [0.1, 0.15) is 11.4 Å². The van der Waals surface area contributed by atoms with Crippen LogP contribution < -0.4 is 0 Å². The van der Waals surface area contributed by atoms with Crippen molar-refractivity contribution >= 4 is 11.6 Å². The summed E-state index contributed by atoms with van der Waals surface area (Å²) in [5.74, 6) is 0.0198. The SMILES string of the molecule is Cc1cccc(CN2CCN(C(=O)c3cccc(Cn4nc(C)c([N+](=O)[O-])c4C)c3)CC2)c1. The van der Waals surface area contributed by atoms with Crippen LogP contribution in [-0.4, -0.2) is 56.6 Å². The van der Waals surface area contributed by atoms with E-state index >= 15 is 0 Å². The zero-order chi connectivity index (χ0) is 23.5.